The molecule has 1 unspecified atom stereocenters. The third-order valence-electron chi connectivity index (χ3n) is 2.41. The molecule has 2 nitrogen and oxygen atoms in total. The van der Waals surface area contributed by atoms with Gasteiger partial charge in [0.2, 0.25) is 0 Å². The Hall–Kier alpha value is -0.840. The van der Waals surface area contributed by atoms with Gasteiger partial charge in [-0.15, -0.1) is 0 Å². The summed E-state index contributed by atoms with van der Waals surface area (Å²) in [6.45, 7) is 0. The second kappa shape index (κ2) is 5.87. The summed E-state index contributed by atoms with van der Waals surface area (Å²) in [6.07, 6.45) is 0. The first kappa shape index (κ1) is 13.6. The quantitative estimate of drug-likeness (QED) is 0.855. The van der Waals surface area contributed by atoms with E-state index in [1.807, 2.05) is 24.3 Å². The summed E-state index contributed by atoms with van der Waals surface area (Å²) in [5.74, 6) is 0.441. The van der Waals surface area contributed by atoms with Crippen molar-refractivity contribution in [3.05, 3.63) is 57.5 Å². The summed E-state index contributed by atoms with van der Waals surface area (Å²) in [5, 5.41) is 0.449. The van der Waals surface area contributed by atoms with E-state index in [2.05, 4.69) is 15.9 Å². The molecule has 18 heavy (non-hydrogen) atoms. The molecule has 5 heteroatoms. The van der Waals surface area contributed by atoms with Crippen LogP contribution in [0, 0.1) is 0 Å². The fraction of sp³-hybridized carbons (Fsp3) is 0.0769. The molecule has 1 atom stereocenters. The Morgan fingerprint density at radius 3 is 2.44 bits per heavy atom. The van der Waals surface area contributed by atoms with Gasteiger partial charge in [-0.1, -0.05) is 39.7 Å². The van der Waals surface area contributed by atoms with E-state index in [0.717, 1.165) is 10.0 Å². The van der Waals surface area contributed by atoms with E-state index in [1.54, 1.807) is 18.2 Å². The first-order valence-corrected chi connectivity index (χ1v) is 7.73. The maximum atomic E-state index is 12.2. The van der Waals surface area contributed by atoms with E-state index in [0.29, 0.717) is 21.4 Å². The number of hydrogen-bond acceptors (Lipinski definition) is 2. The molecule has 0 bridgehead atoms. The van der Waals surface area contributed by atoms with Gasteiger partial charge in [-0.2, -0.15) is 0 Å². The molecule has 2 N–H and O–H groups in total. The van der Waals surface area contributed by atoms with Crippen molar-refractivity contribution in [2.24, 2.45) is 0 Å². The van der Waals surface area contributed by atoms with Crippen molar-refractivity contribution in [3.8, 4) is 0 Å². The maximum Gasteiger partial charge on any atom is 0.0589 e. The number of hydrogen-bond donors (Lipinski definition) is 1. The van der Waals surface area contributed by atoms with E-state index in [1.165, 1.54) is 0 Å². The predicted octanol–water partition coefficient (Wildman–Crippen LogP) is 3.99. The average molecular weight is 345 g/mol. The number of benzene rings is 2. The van der Waals surface area contributed by atoms with E-state index in [9.17, 15) is 4.21 Å². The number of nitrogen functional groups attached to an aromatic ring is 1. The van der Waals surface area contributed by atoms with Crippen molar-refractivity contribution in [2.75, 3.05) is 5.73 Å². The van der Waals surface area contributed by atoms with Crippen LogP contribution in [0.5, 0.6) is 0 Å². The van der Waals surface area contributed by atoms with Crippen LogP contribution in [0.25, 0.3) is 0 Å². The van der Waals surface area contributed by atoms with Gasteiger partial charge in [0, 0.05) is 10.2 Å². The lowest BCUT2D eigenvalue weighted by atomic mass is 10.2. The van der Waals surface area contributed by atoms with E-state index < -0.39 is 10.8 Å². The van der Waals surface area contributed by atoms with Crippen LogP contribution in [0.4, 0.5) is 5.69 Å². The van der Waals surface area contributed by atoms with Crippen molar-refractivity contribution < 1.29 is 4.21 Å². The summed E-state index contributed by atoms with van der Waals surface area (Å²) in [5.41, 5.74) is 7.19. The first-order valence-electron chi connectivity index (χ1n) is 5.24. The van der Waals surface area contributed by atoms with Gasteiger partial charge >= 0.3 is 0 Å². The van der Waals surface area contributed by atoms with Crippen molar-refractivity contribution in [2.45, 2.75) is 10.6 Å². The number of nitrogens with two attached hydrogens (primary N) is 1. The van der Waals surface area contributed by atoms with Gasteiger partial charge in [-0.3, -0.25) is 4.21 Å². The molecule has 0 aliphatic heterocycles. The molecule has 0 radical (unpaired) electrons. The Kier molecular flexibility index (Phi) is 4.43. The Bertz CT molecular complexity index is 586. The monoisotopic (exact) mass is 343 g/mol. The second-order valence-corrected chi connectivity index (χ2v) is 6.55. The van der Waals surface area contributed by atoms with Crippen LogP contribution in [0.15, 0.2) is 51.8 Å². The Morgan fingerprint density at radius 1 is 1.17 bits per heavy atom. The summed E-state index contributed by atoms with van der Waals surface area (Å²) in [7, 11) is -1.16. The van der Waals surface area contributed by atoms with Crippen LogP contribution in [0.1, 0.15) is 5.56 Å². The summed E-state index contributed by atoms with van der Waals surface area (Å²) in [6, 6.07) is 12.8. The fourth-order valence-corrected chi connectivity index (χ4v) is 3.37. The molecule has 94 valence electrons. The molecule has 0 fully saturated rings. The lowest BCUT2D eigenvalue weighted by molar-refractivity contribution is 0.682. The lowest BCUT2D eigenvalue weighted by Gasteiger charge is -2.06. The highest BCUT2D eigenvalue weighted by atomic mass is 79.9. The highest BCUT2D eigenvalue weighted by Crippen LogP contribution is 2.24. The molecule has 0 amide bonds. The molecule has 0 heterocycles. The molecular weight excluding hydrogens is 334 g/mol. The molecular formula is C13H11BrClNOS. The predicted molar refractivity (Wildman–Crippen MR) is 80.1 cm³/mol. The smallest absolute Gasteiger partial charge is 0.0589 e. The Morgan fingerprint density at radius 2 is 1.83 bits per heavy atom. The topological polar surface area (TPSA) is 43.1 Å². The van der Waals surface area contributed by atoms with Gasteiger partial charge in [0.15, 0.2) is 0 Å². The van der Waals surface area contributed by atoms with Gasteiger partial charge in [0.05, 0.1) is 26.5 Å². The lowest BCUT2D eigenvalue weighted by Crippen LogP contribution is -1.98. The molecule has 2 aromatic rings. The van der Waals surface area contributed by atoms with Crippen LogP contribution >= 0.6 is 27.5 Å². The maximum absolute atomic E-state index is 12.2. The minimum atomic E-state index is -1.16. The largest absolute Gasteiger partial charge is 0.399 e. The van der Waals surface area contributed by atoms with Crippen molar-refractivity contribution in [1.29, 1.82) is 0 Å². The fourth-order valence-electron chi connectivity index (χ4n) is 1.51. The van der Waals surface area contributed by atoms with E-state index in [4.69, 9.17) is 17.3 Å². The molecule has 0 saturated heterocycles. The molecule has 2 aromatic carbocycles. The molecule has 0 aromatic heterocycles. The standard InChI is InChI=1S/C13H11BrClNOS/c14-10-3-1-9(2-4-10)8-18(17)13-6-5-11(16)7-12(13)15/h1-7H,8,16H2. The Labute approximate surface area is 122 Å². The first-order chi connectivity index (χ1) is 8.56. The SMILES string of the molecule is Nc1ccc(S(=O)Cc2ccc(Br)cc2)c(Cl)c1. The minimum absolute atomic E-state index is 0.441. The van der Waals surface area contributed by atoms with Gasteiger partial charge < -0.3 is 5.73 Å². The number of halogens is 2. The summed E-state index contributed by atoms with van der Waals surface area (Å²) in [4.78, 5) is 0.619. The summed E-state index contributed by atoms with van der Waals surface area (Å²) < 4.78 is 13.2. The molecule has 0 saturated carbocycles. The van der Waals surface area contributed by atoms with Crippen LogP contribution < -0.4 is 5.73 Å². The number of rotatable bonds is 3. The zero-order valence-corrected chi connectivity index (χ0v) is 12.6. The normalized spacial score (nSPS) is 12.3. The number of anilines is 1. The van der Waals surface area contributed by atoms with Gasteiger partial charge in [-0.05, 0) is 35.9 Å². The zero-order valence-electron chi connectivity index (χ0n) is 9.40. The zero-order chi connectivity index (χ0) is 13.1. The van der Waals surface area contributed by atoms with Crippen molar-refractivity contribution >= 4 is 44.0 Å². The van der Waals surface area contributed by atoms with Crippen LogP contribution in [0.2, 0.25) is 5.02 Å². The molecule has 0 spiro atoms. The van der Waals surface area contributed by atoms with Crippen LogP contribution in [-0.4, -0.2) is 4.21 Å². The van der Waals surface area contributed by atoms with Crippen molar-refractivity contribution in [3.63, 3.8) is 0 Å². The molecule has 2 rings (SSSR count). The van der Waals surface area contributed by atoms with E-state index in [-0.39, 0.29) is 0 Å². The van der Waals surface area contributed by atoms with Gasteiger partial charge in [0.25, 0.3) is 0 Å². The van der Waals surface area contributed by atoms with Crippen LogP contribution in [-0.2, 0) is 16.6 Å². The second-order valence-electron chi connectivity index (χ2n) is 3.81. The highest BCUT2D eigenvalue weighted by Gasteiger charge is 2.09. The molecule has 0 aliphatic rings. The third kappa shape index (κ3) is 3.34. The average Bonchev–Trinajstić information content (AvgIpc) is 2.32. The van der Waals surface area contributed by atoms with Crippen molar-refractivity contribution in [1.82, 2.24) is 0 Å². The third-order valence-corrected chi connectivity index (χ3v) is 4.81. The highest BCUT2D eigenvalue weighted by molar-refractivity contribution is 9.10. The minimum Gasteiger partial charge on any atom is -0.399 e. The van der Waals surface area contributed by atoms with Gasteiger partial charge in [0.1, 0.15) is 0 Å². The van der Waals surface area contributed by atoms with Gasteiger partial charge in [-0.25, -0.2) is 0 Å². The summed E-state index contributed by atoms with van der Waals surface area (Å²) >= 11 is 9.40. The Balaban J connectivity index is 2.19. The molecule has 0 aliphatic carbocycles. The van der Waals surface area contributed by atoms with Crippen LogP contribution in [0.3, 0.4) is 0 Å². The van der Waals surface area contributed by atoms with E-state index >= 15 is 0 Å².